The number of rotatable bonds is 12. The number of hydrogen-bond acceptors (Lipinski definition) is 9. The van der Waals surface area contributed by atoms with E-state index in [0.717, 1.165) is 0 Å². The predicted molar refractivity (Wildman–Crippen MR) is 116 cm³/mol. The van der Waals surface area contributed by atoms with Gasteiger partial charge in [0, 0.05) is 6.54 Å². The second-order valence-corrected chi connectivity index (χ2v) is 8.11. The first-order valence-corrected chi connectivity index (χ1v) is 11.2. The molecule has 0 saturated heterocycles. The fraction of sp³-hybridized carbons (Fsp3) is 0.368. The van der Waals surface area contributed by atoms with Crippen LogP contribution in [0.25, 0.3) is 11.2 Å². The van der Waals surface area contributed by atoms with Crippen molar-refractivity contribution < 1.29 is 23.2 Å². The quantitative estimate of drug-likeness (QED) is 0.205. The third-order valence-electron chi connectivity index (χ3n) is 4.16. The molecule has 172 valence electrons. The molecule has 0 bridgehead atoms. The number of nitrogen functional groups attached to an aromatic ring is 1. The summed E-state index contributed by atoms with van der Waals surface area (Å²) < 4.78 is 31.5. The van der Waals surface area contributed by atoms with Crippen LogP contribution in [-0.2, 0) is 31.9 Å². The average molecular weight is 466 g/mol. The number of carbonyl (C=O) groups excluding carboxylic acids is 1. The van der Waals surface area contributed by atoms with Gasteiger partial charge < -0.3 is 24.3 Å². The minimum atomic E-state index is -1.36. The molecule has 3 rings (SSSR count). The molecule has 0 aliphatic rings. The van der Waals surface area contributed by atoms with E-state index in [0.29, 0.717) is 17.8 Å². The zero-order valence-electron chi connectivity index (χ0n) is 17.4. The van der Waals surface area contributed by atoms with Crippen molar-refractivity contribution in [1.29, 1.82) is 0 Å². The Bertz CT molecular complexity index is 1110. The molecule has 0 aliphatic carbocycles. The molecule has 3 aromatic rings. The van der Waals surface area contributed by atoms with Crippen molar-refractivity contribution in [2.24, 2.45) is 0 Å². The van der Waals surface area contributed by atoms with Crippen molar-refractivity contribution in [3.8, 4) is 0 Å². The van der Waals surface area contributed by atoms with Crippen molar-refractivity contribution in [2.45, 2.75) is 20.1 Å². The van der Waals surface area contributed by atoms with Gasteiger partial charge >= 0.3 is 5.97 Å². The number of nitrogens with zero attached hydrogens (tertiary/aromatic N) is 3. The molecular formula is C19H24FN6O5P. The van der Waals surface area contributed by atoms with E-state index in [1.54, 1.807) is 23.6 Å². The smallest absolute Gasteiger partial charge is 0.320 e. The summed E-state index contributed by atoms with van der Waals surface area (Å²) in [7, 11) is -1.36. The Morgan fingerprint density at radius 1 is 1.41 bits per heavy atom. The molecule has 1 aromatic carbocycles. The number of hydrogen-bond donors (Lipinski definition) is 3. The maximum absolute atomic E-state index is 13.4. The topological polar surface area (TPSA) is 146 Å². The van der Waals surface area contributed by atoms with Gasteiger partial charge in [0.15, 0.2) is 11.2 Å². The molecule has 0 fully saturated rings. The number of aromatic nitrogens is 4. The largest absolute Gasteiger partial charge is 0.465 e. The molecule has 4 N–H and O–H groups in total. The standard InChI is InChI=1S/C19H24FN6O5P/c1-2-30-15(27)9-23-32(31-10-13-4-3-5-14(20)8-13)12-29-7-6-26-11-22-16-17(26)24-19(21)25-18(16)28/h3-5,8,11,23H,2,6-7,9-10,12H2,1H3,(H3,21,24,25,28). The molecule has 13 heteroatoms. The molecule has 32 heavy (non-hydrogen) atoms. The number of nitrogens with two attached hydrogens (primary N) is 1. The van der Waals surface area contributed by atoms with Gasteiger partial charge in [-0.2, -0.15) is 4.98 Å². The van der Waals surface area contributed by atoms with E-state index < -0.39 is 19.8 Å². The fourth-order valence-electron chi connectivity index (χ4n) is 2.72. The van der Waals surface area contributed by atoms with Crippen LogP contribution in [0.4, 0.5) is 10.3 Å². The van der Waals surface area contributed by atoms with Crippen molar-refractivity contribution in [1.82, 2.24) is 24.6 Å². The first kappa shape index (κ1) is 23.7. The summed E-state index contributed by atoms with van der Waals surface area (Å²) in [5, 5.41) is 2.98. The second kappa shape index (κ2) is 11.6. The van der Waals surface area contributed by atoms with Gasteiger partial charge in [0.1, 0.15) is 20.5 Å². The van der Waals surface area contributed by atoms with E-state index in [1.165, 1.54) is 18.5 Å². The van der Waals surface area contributed by atoms with Crippen molar-refractivity contribution in [2.75, 3.05) is 31.8 Å². The molecule has 2 aromatic heterocycles. The first-order chi connectivity index (χ1) is 15.5. The van der Waals surface area contributed by atoms with E-state index in [2.05, 4.69) is 20.0 Å². The van der Waals surface area contributed by atoms with Gasteiger partial charge in [0.05, 0.1) is 32.7 Å². The van der Waals surface area contributed by atoms with Crippen LogP contribution < -0.4 is 16.4 Å². The van der Waals surface area contributed by atoms with Crippen LogP contribution in [0.1, 0.15) is 12.5 Å². The number of fused-ring (bicyclic) bond motifs is 1. The van der Waals surface area contributed by atoms with Crippen LogP contribution in [-0.4, -0.2) is 51.6 Å². The van der Waals surface area contributed by atoms with Crippen LogP contribution in [0.2, 0.25) is 0 Å². The number of anilines is 1. The summed E-state index contributed by atoms with van der Waals surface area (Å²) in [6, 6.07) is 6.07. The summed E-state index contributed by atoms with van der Waals surface area (Å²) in [6.45, 7) is 2.76. The van der Waals surface area contributed by atoms with Gasteiger partial charge in [-0.1, -0.05) is 12.1 Å². The SMILES string of the molecule is CCOC(=O)CNP(COCCn1cnc2c(=O)[nH]c(N)nc21)OCc1cccc(F)c1. The number of ether oxygens (including phenoxy) is 2. The van der Waals surface area contributed by atoms with Crippen molar-refractivity contribution in [3.05, 3.63) is 52.3 Å². The molecule has 0 radical (unpaired) electrons. The lowest BCUT2D eigenvalue weighted by Gasteiger charge is -2.19. The zero-order chi connectivity index (χ0) is 22.9. The number of esters is 1. The van der Waals surface area contributed by atoms with Crippen LogP contribution in [0.5, 0.6) is 0 Å². The molecule has 1 unspecified atom stereocenters. The van der Waals surface area contributed by atoms with Crippen LogP contribution in [0.3, 0.4) is 0 Å². The van der Waals surface area contributed by atoms with Gasteiger partial charge in [-0.15, -0.1) is 0 Å². The predicted octanol–water partition coefficient (Wildman–Crippen LogP) is 1.50. The molecular weight excluding hydrogens is 442 g/mol. The van der Waals surface area contributed by atoms with Crippen LogP contribution >= 0.6 is 8.30 Å². The molecule has 0 spiro atoms. The normalized spacial score (nSPS) is 12.2. The summed E-state index contributed by atoms with van der Waals surface area (Å²) in [5.74, 6) is -0.762. The first-order valence-electron chi connectivity index (χ1n) is 9.78. The highest BCUT2D eigenvalue weighted by Crippen LogP contribution is 2.33. The Kier molecular flexibility index (Phi) is 8.63. The third-order valence-corrected chi connectivity index (χ3v) is 5.53. The Balaban J connectivity index is 1.54. The molecule has 11 nitrogen and oxygen atoms in total. The highest BCUT2D eigenvalue weighted by molar-refractivity contribution is 7.50. The molecule has 0 aliphatic heterocycles. The Morgan fingerprint density at radius 2 is 2.25 bits per heavy atom. The highest BCUT2D eigenvalue weighted by Gasteiger charge is 2.14. The number of imidazole rings is 1. The minimum absolute atomic E-state index is 0.00241. The monoisotopic (exact) mass is 466 g/mol. The summed E-state index contributed by atoms with van der Waals surface area (Å²) in [5.41, 5.74) is 6.40. The number of aromatic amines is 1. The number of benzene rings is 1. The molecule has 0 saturated carbocycles. The minimum Gasteiger partial charge on any atom is -0.465 e. The van der Waals surface area contributed by atoms with Gasteiger partial charge in [0.25, 0.3) is 5.56 Å². The maximum atomic E-state index is 13.4. The zero-order valence-corrected chi connectivity index (χ0v) is 18.3. The highest BCUT2D eigenvalue weighted by atomic mass is 31.2. The lowest BCUT2D eigenvalue weighted by atomic mass is 10.2. The Morgan fingerprint density at radius 3 is 3.03 bits per heavy atom. The number of nitrogens with one attached hydrogen (secondary N) is 2. The van der Waals surface area contributed by atoms with E-state index in [1.807, 2.05) is 0 Å². The summed E-state index contributed by atoms with van der Waals surface area (Å²) in [6.07, 6.45) is 1.66. The van der Waals surface area contributed by atoms with Crippen LogP contribution in [0.15, 0.2) is 35.4 Å². The third kappa shape index (κ3) is 6.79. The van der Waals surface area contributed by atoms with Crippen molar-refractivity contribution in [3.63, 3.8) is 0 Å². The van der Waals surface area contributed by atoms with Crippen LogP contribution in [0, 0.1) is 5.82 Å². The van der Waals surface area contributed by atoms with Gasteiger partial charge in [-0.25, -0.2) is 9.37 Å². The van der Waals surface area contributed by atoms with Gasteiger partial charge in [-0.3, -0.25) is 19.7 Å². The molecule has 1 atom stereocenters. The van der Waals surface area contributed by atoms with Gasteiger partial charge in [0.2, 0.25) is 5.95 Å². The lowest BCUT2D eigenvalue weighted by molar-refractivity contribution is -0.141. The fourth-order valence-corrected chi connectivity index (χ4v) is 3.88. The Hall–Kier alpha value is -2.92. The summed E-state index contributed by atoms with van der Waals surface area (Å²) in [4.78, 5) is 34.0. The van der Waals surface area contributed by atoms with Gasteiger partial charge in [-0.05, 0) is 24.6 Å². The number of carbonyl (C=O) groups is 1. The average Bonchev–Trinajstić information content (AvgIpc) is 3.16. The summed E-state index contributed by atoms with van der Waals surface area (Å²) >= 11 is 0. The van der Waals surface area contributed by atoms with E-state index >= 15 is 0 Å². The number of H-pyrrole nitrogens is 1. The van der Waals surface area contributed by atoms with Crippen molar-refractivity contribution >= 4 is 31.4 Å². The lowest BCUT2D eigenvalue weighted by Crippen LogP contribution is -2.23. The maximum Gasteiger partial charge on any atom is 0.320 e. The molecule has 0 amide bonds. The Labute approximate surface area is 184 Å². The molecule has 2 heterocycles. The van der Waals surface area contributed by atoms with E-state index in [9.17, 15) is 14.0 Å². The number of halogens is 1. The second-order valence-electron chi connectivity index (χ2n) is 6.52. The van der Waals surface area contributed by atoms with E-state index in [-0.39, 0.29) is 50.0 Å². The van der Waals surface area contributed by atoms with E-state index in [4.69, 9.17) is 19.7 Å².